The summed E-state index contributed by atoms with van der Waals surface area (Å²) in [4.78, 5) is 28.5. The molecule has 38 heavy (non-hydrogen) atoms. The molecule has 1 N–H and O–H groups in total. The van der Waals surface area contributed by atoms with Crippen molar-refractivity contribution in [3.05, 3.63) is 71.2 Å². The van der Waals surface area contributed by atoms with Crippen LogP contribution < -0.4 is 9.62 Å². The van der Waals surface area contributed by atoms with Crippen molar-refractivity contribution >= 4 is 49.9 Å². The van der Waals surface area contributed by atoms with Gasteiger partial charge in [0.25, 0.3) is 10.0 Å². The molecule has 5 rings (SSSR count). The van der Waals surface area contributed by atoms with E-state index in [1.165, 1.54) is 4.31 Å². The molecule has 2 amide bonds. The van der Waals surface area contributed by atoms with Crippen molar-refractivity contribution in [3.63, 3.8) is 0 Å². The van der Waals surface area contributed by atoms with Gasteiger partial charge in [-0.1, -0.05) is 60.8 Å². The minimum atomic E-state index is -3.68. The number of benzene rings is 3. The van der Waals surface area contributed by atoms with Crippen molar-refractivity contribution in [2.24, 2.45) is 0 Å². The van der Waals surface area contributed by atoms with Gasteiger partial charge in [-0.25, -0.2) is 8.42 Å². The Labute approximate surface area is 228 Å². The van der Waals surface area contributed by atoms with Crippen LogP contribution in [0.1, 0.15) is 51.0 Å². The van der Waals surface area contributed by atoms with E-state index in [0.29, 0.717) is 22.0 Å². The van der Waals surface area contributed by atoms with E-state index < -0.39 is 16.1 Å². The van der Waals surface area contributed by atoms with Gasteiger partial charge in [0.1, 0.15) is 6.04 Å². The molecule has 0 aromatic heterocycles. The fraction of sp³-hybridized carbons (Fsp3) is 0.379. The highest BCUT2D eigenvalue weighted by Crippen LogP contribution is 2.42. The fourth-order valence-electron chi connectivity index (χ4n) is 5.48. The largest absolute Gasteiger partial charge is 0.352 e. The molecule has 1 heterocycles. The van der Waals surface area contributed by atoms with Crippen LogP contribution in [-0.2, 0) is 26.2 Å². The van der Waals surface area contributed by atoms with Gasteiger partial charge in [-0.2, -0.15) is 0 Å². The van der Waals surface area contributed by atoms with Crippen molar-refractivity contribution in [3.8, 4) is 0 Å². The van der Waals surface area contributed by atoms with Gasteiger partial charge in [0.15, 0.2) is 0 Å². The Hall–Kier alpha value is -3.10. The molecule has 1 fully saturated rings. The zero-order valence-corrected chi connectivity index (χ0v) is 23.0. The van der Waals surface area contributed by atoms with E-state index >= 15 is 0 Å². The van der Waals surface area contributed by atoms with Crippen LogP contribution >= 0.6 is 11.6 Å². The Balaban J connectivity index is 1.29. The van der Waals surface area contributed by atoms with Crippen molar-refractivity contribution in [2.75, 3.05) is 10.8 Å². The summed E-state index contributed by atoms with van der Waals surface area (Å²) < 4.78 is 27.9. The predicted octanol–water partition coefficient (Wildman–Crippen LogP) is 5.26. The van der Waals surface area contributed by atoms with Gasteiger partial charge in [0, 0.05) is 36.0 Å². The summed E-state index contributed by atoms with van der Waals surface area (Å²) in [5.41, 5.74) is 1.51. The van der Waals surface area contributed by atoms with Gasteiger partial charge in [-0.05, 0) is 61.4 Å². The van der Waals surface area contributed by atoms with Gasteiger partial charge in [-0.15, -0.1) is 0 Å². The van der Waals surface area contributed by atoms with Crippen LogP contribution in [-0.4, -0.2) is 43.8 Å². The highest BCUT2D eigenvalue weighted by atomic mass is 35.5. The number of amides is 2. The number of nitrogens with zero attached hydrogens (tertiary/aromatic N) is 2. The van der Waals surface area contributed by atoms with E-state index in [0.717, 1.165) is 42.0 Å². The first kappa shape index (κ1) is 26.5. The summed E-state index contributed by atoms with van der Waals surface area (Å²) in [7, 11) is -3.68. The lowest BCUT2D eigenvalue weighted by atomic mass is 10.1. The normalized spacial score (nSPS) is 17.1. The Kier molecular flexibility index (Phi) is 7.63. The molecule has 0 radical (unpaired) electrons. The lowest BCUT2D eigenvalue weighted by Gasteiger charge is -2.30. The average molecular weight is 554 g/mol. The van der Waals surface area contributed by atoms with Gasteiger partial charge in [0.2, 0.25) is 11.8 Å². The van der Waals surface area contributed by atoms with E-state index in [4.69, 9.17) is 11.6 Å². The van der Waals surface area contributed by atoms with Gasteiger partial charge in [0.05, 0.1) is 10.6 Å². The maximum atomic E-state index is 13.5. The molecule has 1 aliphatic carbocycles. The first-order valence-corrected chi connectivity index (χ1v) is 15.0. The highest BCUT2D eigenvalue weighted by molar-refractivity contribution is 7.93. The monoisotopic (exact) mass is 553 g/mol. The summed E-state index contributed by atoms with van der Waals surface area (Å²) in [6.07, 6.45) is 4.57. The van der Waals surface area contributed by atoms with Crippen LogP contribution in [0.3, 0.4) is 0 Å². The first-order chi connectivity index (χ1) is 18.3. The maximum absolute atomic E-state index is 13.5. The third-order valence-corrected chi connectivity index (χ3v) is 9.68. The summed E-state index contributed by atoms with van der Waals surface area (Å²) >= 11 is 6.04. The SMILES string of the molecule is C[C@@H](C(=O)NC1CCCC1)N(Cc1ccc(Cl)cc1)C(=O)CCCN1c2cccc3cccc(c23)S1(=O)=O. The lowest BCUT2D eigenvalue weighted by Crippen LogP contribution is -2.49. The van der Waals surface area contributed by atoms with Crippen LogP contribution in [0.5, 0.6) is 0 Å². The second-order valence-electron chi connectivity index (χ2n) is 10.1. The van der Waals surface area contributed by atoms with Crippen LogP contribution in [0.25, 0.3) is 10.8 Å². The van der Waals surface area contributed by atoms with Crippen LogP contribution in [0.15, 0.2) is 65.6 Å². The number of rotatable bonds is 9. The highest BCUT2D eigenvalue weighted by Gasteiger charge is 2.35. The quantitative estimate of drug-likeness (QED) is 0.392. The molecule has 3 aromatic rings. The Morgan fingerprint density at radius 3 is 2.45 bits per heavy atom. The summed E-state index contributed by atoms with van der Waals surface area (Å²) in [5.74, 6) is -0.357. The molecule has 0 saturated heterocycles. The lowest BCUT2D eigenvalue weighted by molar-refractivity contribution is -0.141. The number of halogens is 1. The zero-order valence-electron chi connectivity index (χ0n) is 21.4. The minimum absolute atomic E-state index is 0.118. The van der Waals surface area contributed by atoms with Crippen LogP contribution in [0, 0.1) is 0 Å². The van der Waals surface area contributed by atoms with Crippen molar-refractivity contribution in [2.45, 2.75) is 69.0 Å². The molecule has 200 valence electrons. The summed E-state index contributed by atoms with van der Waals surface area (Å²) in [5, 5.41) is 5.30. The fourth-order valence-corrected chi connectivity index (χ4v) is 7.35. The average Bonchev–Trinajstić information content (AvgIpc) is 3.49. The number of sulfonamides is 1. The molecule has 7 nitrogen and oxygen atoms in total. The number of anilines is 1. The standard InChI is InChI=1S/C29H32ClN3O4S/c1-20(29(35)31-24-9-2-3-10-24)32(19-21-14-16-23(30)17-15-21)27(34)13-6-18-33-25-11-4-7-22-8-5-12-26(28(22)25)38(33,36)37/h4-5,7-8,11-12,14-17,20,24H,2-3,6,9-10,13,18-19H2,1H3,(H,31,35)/t20-/m0/s1. The Morgan fingerprint density at radius 2 is 1.74 bits per heavy atom. The number of hydrogen-bond donors (Lipinski definition) is 1. The number of nitrogens with one attached hydrogen (secondary N) is 1. The second kappa shape index (κ2) is 10.9. The molecule has 2 aliphatic rings. The Morgan fingerprint density at radius 1 is 1.05 bits per heavy atom. The molecular weight excluding hydrogens is 522 g/mol. The third kappa shape index (κ3) is 5.24. The predicted molar refractivity (Wildman–Crippen MR) is 150 cm³/mol. The molecular formula is C29H32ClN3O4S. The van der Waals surface area contributed by atoms with Crippen LogP contribution in [0.2, 0.25) is 5.02 Å². The number of hydrogen-bond acceptors (Lipinski definition) is 4. The van der Waals surface area contributed by atoms with Crippen LogP contribution in [0.4, 0.5) is 5.69 Å². The van der Waals surface area contributed by atoms with E-state index in [1.807, 2.05) is 30.3 Å². The van der Waals surface area contributed by atoms with Gasteiger partial charge >= 0.3 is 0 Å². The summed E-state index contributed by atoms with van der Waals surface area (Å²) in [6, 6.07) is 17.5. The smallest absolute Gasteiger partial charge is 0.265 e. The summed E-state index contributed by atoms with van der Waals surface area (Å²) in [6.45, 7) is 2.20. The molecule has 3 aromatic carbocycles. The molecule has 0 unspecified atom stereocenters. The van der Waals surface area contributed by atoms with Crippen molar-refractivity contribution < 1.29 is 18.0 Å². The van der Waals surface area contributed by atoms with E-state index in [1.54, 1.807) is 42.2 Å². The second-order valence-corrected chi connectivity index (χ2v) is 12.4. The minimum Gasteiger partial charge on any atom is -0.352 e. The molecule has 1 aliphatic heterocycles. The first-order valence-electron chi connectivity index (χ1n) is 13.1. The molecule has 0 spiro atoms. The molecule has 1 saturated carbocycles. The molecule has 0 bridgehead atoms. The Bertz CT molecular complexity index is 1450. The number of carbonyl (C=O) groups excluding carboxylic acids is 2. The molecule has 9 heteroatoms. The van der Waals surface area contributed by atoms with E-state index in [-0.39, 0.29) is 37.4 Å². The van der Waals surface area contributed by atoms with Gasteiger partial charge in [-0.3, -0.25) is 13.9 Å². The van der Waals surface area contributed by atoms with Gasteiger partial charge < -0.3 is 10.2 Å². The number of carbonyl (C=O) groups is 2. The topological polar surface area (TPSA) is 86.8 Å². The van der Waals surface area contributed by atoms with Crippen molar-refractivity contribution in [1.82, 2.24) is 10.2 Å². The maximum Gasteiger partial charge on any atom is 0.265 e. The van der Waals surface area contributed by atoms with E-state index in [9.17, 15) is 18.0 Å². The van der Waals surface area contributed by atoms with Crippen molar-refractivity contribution in [1.29, 1.82) is 0 Å². The third-order valence-electron chi connectivity index (χ3n) is 7.57. The molecule has 1 atom stereocenters. The van der Waals surface area contributed by atoms with E-state index in [2.05, 4.69) is 5.32 Å². The zero-order chi connectivity index (χ0) is 26.9.